The predicted molar refractivity (Wildman–Crippen MR) is 46.6 cm³/mol. The van der Waals surface area contributed by atoms with Gasteiger partial charge in [-0.05, 0) is 13.8 Å². The van der Waals surface area contributed by atoms with Gasteiger partial charge in [0.2, 0.25) is 0 Å². The Morgan fingerprint density at radius 1 is 1.29 bits per heavy atom. The molecule has 5 heteroatoms. The molecule has 0 aromatic heterocycles. The fourth-order valence-corrected chi connectivity index (χ4v) is 1.96. The highest BCUT2D eigenvalue weighted by Crippen LogP contribution is 2.37. The van der Waals surface area contributed by atoms with E-state index in [0.717, 1.165) is 0 Å². The van der Waals surface area contributed by atoms with Crippen molar-refractivity contribution < 1.29 is 24.1 Å². The topological polar surface area (TPSA) is 57.2 Å². The third kappa shape index (κ3) is 1.66. The summed E-state index contributed by atoms with van der Waals surface area (Å²) in [6.45, 7) is 4.04. The Hall–Kier alpha value is -0.200. The van der Waals surface area contributed by atoms with Crippen LogP contribution in [0.5, 0.6) is 0 Å². The number of rotatable bonds is 2. The standard InChI is InChI=1S/C9H16O5/c1-9(2)13-6-5(4-11-3)12-8(10)7(6)14-9/h5-8,10H,4H2,1-3H3/t5-,6-,7-,8-/m1/s1. The first-order chi connectivity index (χ1) is 6.53. The number of aliphatic hydroxyl groups is 1. The Morgan fingerprint density at radius 2 is 1.93 bits per heavy atom. The van der Waals surface area contributed by atoms with Crippen molar-refractivity contribution >= 4 is 0 Å². The smallest absolute Gasteiger partial charge is 0.184 e. The van der Waals surface area contributed by atoms with Crippen LogP contribution in [-0.4, -0.2) is 49.2 Å². The normalized spacial score (nSPS) is 45.4. The molecule has 5 nitrogen and oxygen atoms in total. The molecule has 2 fully saturated rings. The summed E-state index contributed by atoms with van der Waals surface area (Å²) in [7, 11) is 1.59. The van der Waals surface area contributed by atoms with Crippen LogP contribution in [0.3, 0.4) is 0 Å². The van der Waals surface area contributed by atoms with Gasteiger partial charge in [-0.2, -0.15) is 0 Å². The molecule has 0 aromatic rings. The molecule has 2 rings (SSSR count). The maximum Gasteiger partial charge on any atom is 0.184 e. The molecule has 2 aliphatic rings. The quantitative estimate of drug-likeness (QED) is 0.679. The summed E-state index contributed by atoms with van der Waals surface area (Å²) in [6.07, 6.45) is -1.80. The van der Waals surface area contributed by atoms with Gasteiger partial charge in [0.1, 0.15) is 18.3 Å². The summed E-state index contributed by atoms with van der Waals surface area (Å²) < 4.78 is 21.4. The van der Waals surface area contributed by atoms with Gasteiger partial charge in [0, 0.05) is 7.11 Å². The second-order valence-corrected chi connectivity index (χ2v) is 4.09. The molecule has 0 radical (unpaired) electrons. The van der Waals surface area contributed by atoms with E-state index >= 15 is 0 Å². The molecule has 2 aliphatic heterocycles. The molecule has 0 bridgehead atoms. The summed E-state index contributed by atoms with van der Waals surface area (Å²) in [6, 6.07) is 0. The number of aliphatic hydroxyl groups excluding tert-OH is 1. The molecule has 0 unspecified atom stereocenters. The van der Waals surface area contributed by atoms with Crippen LogP contribution in [0, 0.1) is 0 Å². The minimum Gasteiger partial charge on any atom is -0.382 e. The van der Waals surface area contributed by atoms with Gasteiger partial charge < -0.3 is 24.1 Å². The number of fused-ring (bicyclic) bond motifs is 1. The van der Waals surface area contributed by atoms with Gasteiger partial charge in [0.25, 0.3) is 0 Å². The van der Waals surface area contributed by atoms with E-state index < -0.39 is 18.2 Å². The van der Waals surface area contributed by atoms with Crippen LogP contribution in [0.1, 0.15) is 13.8 Å². The maximum absolute atomic E-state index is 9.55. The SMILES string of the molecule is COC[C@H]1O[C@@H](O)[C@@H]2OC(C)(C)O[C@@H]21. The number of methoxy groups -OCH3 is 1. The van der Waals surface area contributed by atoms with Crippen LogP contribution >= 0.6 is 0 Å². The van der Waals surface area contributed by atoms with E-state index in [0.29, 0.717) is 6.61 Å². The molecule has 0 aromatic carbocycles. The summed E-state index contributed by atoms with van der Waals surface area (Å²) in [5.41, 5.74) is 0. The highest BCUT2D eigenvalue weighted by atomic mass is 16.8. The van der Waals surface area contributed by atoms with Crippen LogP contribution in [0.4, 0.5) is 0 Å². The van der Waals surface area contributed by atoms with Crippen molar-refractivity contribution in [1.29, 1.82) is 0 Å². The Balaban J connectivity index is 2.07. The summed E-state index contributed by atoms with van der Waals surface area (Å²) in [4.78, 5) is 0. The van der Waals surface area contributed by atoms with Crippen molar-refractivity contribution in [3.63, 3.8) is 0 Å². The minimum absolute atomic E-state index is 0.236. The van der Waals surface area contributed by atoms with Gasteiger partial charge in [0.05, 0.1) is 6.61 Å². The molecule has 14 heavy (non-hydrogen) atoms. The summed E-state index contributed by atoms with van der Waals surface area (Å²) in [5, 5.41) is 9.55. The van der Waals surface area contributed by atoms with E-state index in [1.807, 2.05) is 13.8 Å². The zero-order valence-electron chi connectivity index (χ0n) is 8.60. The van der Waals surface area contributed by atoms with E-state index in [1.165, 1.54) is 0 Å². The van der Waals surface area contributed by atoms with E-state index in [-0.39, 0.29) is 12.2 Å². The zero-order valence-corrected chi connectivity index (χ0v) is 8.60. The molecule has 2 saturated heterocycles. The highest BCUT2D eigenvalue weighted by Gasteiger charge is 2.54. The van der Waals surface area contributed by atoms with Crippen molar-refractivity contribution in [3.05, 3.63) is 0 Å². The van der Waals surface area contributed by atoms with Crippen LogP contribution < -0.4 is 0 Å². The average molecular weight is 204 g/mol. The fraction of sp³-hybridized carbons (Fsp3) is 1.00. The molecule has 0 aliphatic carbocycles. The molecule has 82 valence electrons. The van der Waals surface area contributed by atoms with Crippen molar-refractivity contribution in [2.24, 2.45) is 0 Å². The van der Waals surface area contributed by atoms with Gasteiger partial charge in [-0.3, -0.25) is 0 Å². The molecule has 0 spiro atoms. The Labute approximate surface area is 82.9 Å². The summed E-state index contributed by atoms with van der Waals surface area (Å²) in [5.74, 6) is -0.647. The largest absolute Gasteiger partial charge is 0.382 e. The molecular formula is C9H16O5. The second-order valence-electron chi connectivity index (χ2n) is 4.09. The van der Waals surface area contributed by atoms with Crippen molar-refractivity contribution in [2.75, 3.05) is 13.7 Å². The van der Waals surface area contributed by atoms with Crippen LogP contribution in [0.2, 0.25) is 0 Å². The molecule has 1 N–H and O–H groups in total. The van der Waals surface area contributed by atoms with Gasteiger partial charge in [0.15, 0.2) is 12.1 Å². The molecule has 2 heterocycles. The highest BCUT2D eigenvalue weighted by molar-refractivity contribution is 4.94. The number of hydrogen-bond donors (Lipinski definition) is 1. The zero-order chi connectivity index (χ0) is 10.3. The Morgan fingerprint density at radius 3 is 2.57 bits per heavy atom. The van der Waals surface area contributed by atoms with Crippen molar-refractivity contribution in [3.8, 4) is 0 Å². The summed E-state index contributed by atoms with van der Waals surface area (Å²) >= 11 is 0. The van der Waals surface area contributed by atoms with E-state index in [2.05, 4.69) is 0 Å². The lowest BCUT2D eigenvalue weighted by Crippen LogP contribution is -2.32. The molecule has 0 saturated carbocycles. The molecule has 0 amide bonds. The van der Waals surface area contributed by atoms with Gasteiger partial charge in [-0.15, -0.1) is 0 Å². The monoisotopic (exact) mass is 204 g/mol. The van der Waals surface area contributed by atoms with Crippen LogP contribution in [0.25, 0.3) is 0 Å². The lowest BCUT2D eigenvalue weighted by Gasteiger charge is -2.22. The minimum atomic E-state index is -0.915. The van der Waals surface area contributed by atoms with Crippen molar-refractivity contribution in [1.82, 2.24) is 0 Å². The first-order valence-corrected chi connectivity index (χ1v) is 4.71. The van der Waals surface area contributed by atoms with Crippen LogP contribution in [0.15, 0.2) is 0 Å². The Bertz CT molecular complexity index is 217. The third-order valence-corrected chi connectivity index (χ3v) is 2.46. The fourth-order valence-electron chi connectivity index (χ4n) is 1.96. The average Bonchev–Trinajstić information content (AvgIpc) is 2.51. The van der Waals surface area contributed by atoms with E-state index in [4.69, 9.17) is 18.9 Å². The maximum atomic E-state index is 9.55. The lowest BCUT2D eigenvalue weighted by atomic mass is 10.1. The van der Waals surface area contributed by atoms with E-state index in [1.54, 1.807) is 7.11 Å². The predicted octanol–water partition coefficient (Wildman–Crippen LogP) is -0.130. The van der Waals surface area contributed by atoms with Crippen LogP contribution in [-0.2, 0) is 18.9 Å². The first-order valence-electron chi connectivity index (χ1n) is 4.71. The Kier molecular flexibility index (Phi) is 2.53. The number of hydrogen-bond acceptors (Lipinski definition) is 5. The van der Waals surface area contributed by atoms with E-state index in [9.17, 15) is 5.11 Å². The van der Waals surface area contributed by atoms with Gasteiger partial charge in [-0.25, -0.2) is 0 Å². The third-order valence-electron chi connectivity index (χ3n) is 2.46. The van der Waals surface area contributed by atoms with Gasteiger partial charge in [-0.1, -0.05) is 0 Å². The van der Waals surface area contributed by atoms with Crippen molar-refractivity contribution in [2.45, 2.75) is 44.2 Å². The van der Waals surface area contributed by atoms with Gasteiger partial charge >= 0.3 is 0 Å². The second kappa shape index (κ2) is 3.43. The lowest BCUT2D eigenvalue weighted by molar-refractivity contribution is -0.224. The number of ether oxygens (including phenoxy) is 4. The molecular weight excluding hydrogens is 188 g/mol. The molecule has 4 atom stereocenters. The first kappa shape index (κ1) is 10.3.